The van der Waals surface area contributed by atoms with E-state index in [1.165, 1.54) is 32.1 Å². The monoisotopic (exact) mass is 194 g/mol. The lowest BCUT2D eigenvalue weighted by Gasteiger charge is -2.29. The summed E-state index contributed by atoms with van der Waals surface area (Å²) in [7, 11) is 0. The smallest absolute Gasteiger partial charge is 0.0580 e. The Labute approximate surface area is 87.5 Å². The molecule has 0 spiro atoms. The van der Waals surface area contributed by atoms with Crippen LogP contribution in [0.4, 0.5) is 0 Å². The van der Waals surface area contributed by atoms with Crippen molar-refractivity contribution < 1.29 is 4.74 Å². The van der Waals surface area contributed by atoms with Crippen molar-refractivity contribution in [1.29, 1.82) is 0 Å². The lowest BCUT2D eigenvalue weighted by molar-refractivity contribution is -0.0166. The van der Waals surface area contributed by atoms with Gasteiger partial charge in [-0.15, -0.1) is 0 Å². The average Bonchev–Trinajstić information content (AvgIpc) is 2.87. The minimum atomic E-state index is 0.549. The van der Waals surface area contributed by atoms with Crippen LogP contribution in [0.1, 0.15) is 46.0 Å². The fourth-order valence-electron chi connectivity index (χ4n) is 2.45. The Kier molecular flexibility index (Phi) is 3.27. The predicted octanol–water partition coefficient (Wildman–Crippen LogP) is 3.55. The van der Waals surface area contributed by atoms with E-state index in [9.17, 15) is 0 Å². The Morgan fingerprint density at radius 2 is 2.36 bits per heavy atom. The lowest BCUT2D eigenvalue weighted by Crippen LogP contribution is -2.25. The quantitative estimate of drug-likeness (QED) is 0.622. The van der Waals surface area contributed by atoms with E-state index >= 15 is 0 Å². The third-order valence-corrected chi connectivity index (χ3v) is 3.40. The van der Waals surface area contributed by atoms with Gasteiger partial charge in [-0.1, -0.05) is 25.5 Å². The molecule has 1 heteroatoms. The molecule has 14 heavy (non-hydrogen) atoms. The first-order valence-electron chi connectivity index (χ1n) is 6.03. The van der Waals surface area contributed by atoms with E-state index in [0.717, 1.165) is 18.4 Å². The summed E-state index contributed by atoms with van der Waals surface area (Å²) in [6, 6.07) is 0. The van der Waals surface area contributed by atoms with Gasteiger partial charge in [-0.2, -0.15) is 0 Å². The van der Waals surface area contributed by atoms with E-state index in [1.807, 2.05) is 0 Å². The highest BCUT2D eigenvalue weighted by atomic mass is 16.5. The van der Waals surface area contributed by atoms with Crippen molar-refractivity contribution in [2.45, 2.75) is 52.1 Å². The highest BCUT2D eigenvalue weighted by molar-refractivity contribution is 5.21. The SMILES string of the molecule is CC(CC1=CC1)C[C@H]1C[C@@H](C)CCO1. The molecule has 1 nitrogen and oxygen atoms in total. The normalized spacial score (nSPS) is 33.7. The lowest BCUT2D eigenvalue weighted by atomic mass is 9.90. The van der Waals surface area contributed by atoms with E-state index in [2.05, 4.69) is 19.9 Å². The molecule has 1 fully saturated rings. The molecule has 2 aliphatic rings. The highest BCUT2D eigenvalue weighted by Crippen LogP contribution is 2.31. The number of ether oxygens (including phenoxy) is 1. The zero-order chi connectivity index (χ0) is 9.97. The summed E-state index contributed by atoms with van der Waals surface area (Å²) in [5.74, 6) is 1.69. The van der Waals surface area contributed by atoms with Crippen molar-refractivity contribution in [3.05, 3.63) is 11.6 Å². The largest absolute Gasteiger partial charge is 0.378 e. The molecule has 1 unspecified atom stereocenters. The van der Waals surface area contributed by atoms with Gasteiger partial charge in [0.2, 0.25) is 0 Å². The van der Waals surface area contributed by atoms with Gasteiger partial charge in [0.1, 0.15) is 0 Å². The molecule has 0 aromatic heterocycles. The molecule has 0 radical (unpaired) electrons. The standard InChI is InChI=1S/C13H22O/c1-10-5-6-14-13(8-10)9-11(2)7-12-3-4-12/h3,10-11,13H,4-9H2,1-2H3/t10-,11?,13+/m0/s1. The van der Waals surface area contributed by atoms with Crippen molar-refractivity contribution in [2.24, 2.45) is 11.8 Å². The van der Waals surface area contributed by atoms with E-state index in [4.69, 9.17) is 4.74 Å². The third kappa shape index (κ3) is 3.13. The fourth-order valence-corrected chi connectivity index (χ4v) is 2.45. The van der Waals surface area contributed by atoms with Crippen molar-refractivity contribution >= 4 is 0 Å². The maximum absolute atomic E-state index is 5.80. The molecule has 0 bridgehead atoms. The Bertz CT molecular complexity index is 219. The molecule has 0 N–H and O–H groups in total. The van der Waals surface area contributed by atoms with Gasteiger partial charge in [0.25, 0.3) is 0 Å². The predicted molar refractivity (Wildman–Crippen MR) is 59.2 cm³/mol. The summed E-state index contributed by atoms with van der Waals surface area (Å²) in [6.07, 6.45) is 9.30. The number of rotatable bonds is 4. The van der Waals surface area contributed by atoms with Crippen LogP contribution in [0.5, 0.6) is 0 Å². The van der Waals surface area contributed by atoms with Gasteiger partial charge in [0, 0.05) is 6.61 Å². The number of hydrogen-bond donors (Lipinski definition) is 0. The second kappa shape index (κ2) is 4.48. The molecule has 0 saturated carbocycles. The van der Waals surface area contributed by atoms with Crippen LogP contribution < -0.4 is 0 Å². The number of hydrogen-bond acceptors (Lipinski definition) is 1. The van der Waals surface area contributed by atoms with Crippen LogP contribution in [0.3, 0.4) is 0 Å². The van der Waals surface area contributed by atoms with E-state index in [0.29, 0.717) is 6.10 Å². The van der Waals surface area contributed by atoms with Gasteiger partial charge in [-0.3, -0.25) is 0 Å². The zero-order valence-electron chi connectivity index (χ0n) is 9.46. The zero-order valence-corrected chi connectivity index (χ0v) is 9.46. The molecule has 1 aliphatic heterocycles. The van der Waals surface area contributed by atoms with Crippen molar-refractivity contribution in [3.63, 3.8) is 0 Å². The number of allylic oxidation sites excluding steroid dienone is 2. The fraction of sp³-hybridized carbons (Fsp3) is 0.846. The molecule has 1 saturated heterocycles. The Balaban J connectivity index is 1.69. The summed E-state index contributed by atoms with van der Waals surface area (Å²) in [4.78, 5) is 0. The minimum Gasteiger partial charge on any atom is -0.378 e. The second-order valence-electron chi connectivity index (χ2n) is 5.23. The molecular weight excluding hydrogens is 172 g/mol. The summed E-state index contributed by atoms with van der Waals surface area (Å²) >= 11 is 0. The van der Waals surface area contributed by atoms with Gasteiger partial charge in [-0.25, -0.2) is 0 Å². The van der Waals surface area contributed by atoms with Gasteiger partial charge in [0.15, 0.2) is 0 Å². The minimum absolute atomic E-state index is 0.549. The third-order valence-electron chi connectivity index (χ3n) is 3.40. The molecular formula is C13H22O. The van der Waals surface area contributed by atoms with Crippen LogP contribution in [-0.2, 0) is 4.74 Å². The molecule has 0 aromatic carbocycles. The molecule has 1 heterocycles. The van der Waals surface area contributed by atoms with Crippen molar-refractivity contribution in [2.75, 3.05) is 6.61 Å². The Morgan fingerprint density at radius 3 is 3.00 bits per heavy atom. The van der Waals surface area contributed by atoms with E-state index in [-0.39, 0.29) is 0 Å². The van der Waals surface area contributed by atoms with Crippen molar-refractivity contribution in [3.8, 4) is 0 Å². The van der Waals surface area contributed by atoms with E-state index in [1.54, 1.807) is 5.57 Å². The van der Waals surface area contributed by atoms with Crippen LogP contribution in [0, 0.1) is 11.8 Å². The van der Waals surface area contributed by atoms with Gasteiger partial charge in [0.05, 0.1) is 6.10 Å². The maximum atomic E-state index is 5.80. The van der Waals surface area contributed by atoms with Gasteiger partial charge >= 0.3 is 0 Å². The van der Waals surface area contributed by atoms with E-state index < -0.39 is 0 Å². The molecule has 3 atom stereocenters. The van der Waals surface area contributed by atoms with Crippen LogP contribution >= 0.6 is 0 Å². The second-order valence-corrected chi connectivity index (χ2v) is 5.23. The first kappa shape index (κ1) is 10.2. The molecule has 0 amide bonds. The Morgan fingerprint density at radius 1 is 1.57 bits per heavy atom. The summed E-state index contributed by atoms with van der Waals surface area (Å²) < 4.78 is 5.80. The summed E-state index contributed by atoms with van der Waals surface area (Å²) in [5, 5.41) is 0. The maximum Gasteiger partial charge on any atom is 0.0580 e. The molecule has 0 aromatic rings. The summed E-state index contributed by atoms with van der Waals surface area (Å²) in [5.41, 5.74) is 1.67. The van der Waals surface area contributed by atoms with Gasteiger partial charge in [-0.05, 0) is 43.9 Å². The van der Waals surface area contributed by atoms with Crippen LogP contribution in [0.15, 0.2) is 11.6 Å². The van der Waals surface area contributed by atoms with Crippen LogP contribution in [-0.4, -0.2) is 12.7 Å². The first-order valence-corrected chi connectivity index (χ1v) is 6.03. The summed E-state index contributed by atoms with van der Waals surface area (Å²) in [6.45, 7) is 5.70. The topological polar surface area (TPSA) is 9.23 Å². The van der Waals surface area contributed by atoms with Crippen LogP contribution in [0.2, 0.25) is 0 Å². The van der Waals surface area contributed by atoms with Crippen LogP contribution in [0.25, 0.3) is 0 Å². The molecule has 80 valence electrons. The molecule has 1 aliphatic carbocycles. The molecule has 2 rings (SSSR count). The van der Waals surface area contributed by atoms with Crippen molar-refractivity contribution in [1.82, 2.24) is 0 Å². The van der Waals surface area contributed by atoms with Gasteiger partial charge < -0.3 is 4.74 Å². The Hall–Kier alpha value is -0.300. The first-order chi connectivity index (χ1) is 6.74. The average molecular weight is 194 g/mol. The highest BCUT2D eigenvalue weighted by Gasteiger charge is 2.22.